The maximum atomic E-state index is 17.0. The van der Waals surface area contributed by atoms with Gasteiger partial charge in [-0.1, -0.05) is 25.5 Å². The molecule has 32 heavy (non-hydrogen) atoms. The van der Waals surface area contributed by atoms with Gasteiger partial charge in [-0.3, -0.25) is 14.1 Å². The summed E-state index contributed by atoms with van der Waals surface area (Å²) in [4.78, 5) is 42.8. The Morgan fingerprint density at radius 1 is 1.31 bits per heavy atom. The number of phosphoric acid groups is 1. The Morgan fingerprint density at radius 2 is 1.97 bits per heavy atom. The number of aliphatic hydroxyl groups is 2. The molecule has 4 aliphatic rings. The van der Waals surface area contributed by atoms with Crippen LogP contribution >= 0.6 is 7.82 Å². The molecule has 10 heteroatoms. The number of allylic oxidation sites excluding steroid dienone is 4. The van der Waals surface area contributed by atoms with Crippen LogP contribution in [0.4, 0.5) is 4.39 Å². The molecule has 0 aromatic rings. The number of phosphoric ester groups is 1. The Kier molecular flexibility index (Phi) is 5.34. The number of rotatable bonds is 4. The molecule has 0 radical (unpaired) electrons. The first-order chi connectivity index (χ1) is 14.6. The van der Waals surface area contributed by atoms with Crippen LogP contribution in [0.3, 0.4) is 0 Å². The topological polar surface area (TPSA) is 141 Å². The normalized spacial score (nSPS) is 48.0. The number of hydrogen-bond donors (Lipinski definition) is 4. The monoisotopic (exact) mass is 472 g/mol. The number of carbonyl (C=O) groups excluding carboxylic acids is 2. The lowest BCUT2D eigenvalue weighted by atomic mass is 9.44. The lowest BCUT2D eigenvalue weighted by Gasteiger charge is -2.62. The molecule has 3 fully saturated rings. The predicted octanol–water partition coefficient (Wildman–Crippen LogP) is 2.01. The van der Waals surface area contributed by atoms with Crippen molar-refractivity contribution in [2.24, 2.45) is 28.6 Å². The number of carbonyl (C=O) groups is 2. The van der Waals surface area contributed by atoms with Crippen LogP contribution in [0.1, 0.15) is 46.5 Å². The standard InChI is InChI=1S/C22H30FO8P/c1-12-8-16-15-5-4-13-9-14(24)6-7-19(13,2)21(15,23)17(25)10-20(16,3)22(12,27)18(26)11-31-32(28,29)30/h6-7,9,12,15-17,25,27H,4-5,8,10-11H2,1-3H3,(H2,28,29,30)/t12-,15+,16+,17?,19+,20+,21+,22+/m1/s1. The Bertz CT molecular complexity index is 973. The van der Waals surface area contributed by atoms with E-state index in [2.05, 4.69) is 4.52 Å². The van der Waals surface area contributed by atoms with Gasteiger partial charge in [0.1, 0.15) is 12.2 Å². The highest BCUT2D eigenvalue weighted by molar-refractivity contribution is 7.46. The van der Waals surface area contributed by atoms with Gasteiger partial charge in [0, 0.05) is 16.7 Å². The Morgan fingerprint density at radius 3 is 2.59 bits per heavy atom. The summed E-state index contributed by atoms with van der Waals surface area (Å²) in [6, 6.07) is 0. The molecule has 0 heterocycles. The highest BCUT2D eigenvalue weighted by atomic mass is 31.2. The van der Waals surface area contributed by atoms with Gasteiger partial charge in [0.25, 0.3) is 0 Å². The number of ketones is 2. The van der Waals surface area contributed by atoms with Crippen LogP contribution in [0.15, 0.2) is 23.8 Å². The fourth-order valence-electron chi connectivity index (χ4n) is 7.39. The maximum Gasteiger partial charge on any atom is 0.470 e. The SMILES string of the molecule is C[C@@H]1C[C@H]2[C@@H]3CCC4=CC(=O)C=C[C@]4(C)[C@@]3(F)C(O)C[C@]2(C)[C@@]1(O)C(=O)COP(=O)(O)O. The van der Waals surface area contributed by atoms with E-state index >= 15 is 4.39 Å². The fourth-order valence-corrected chi connectivity index (χ4v) is 7.68. The van der Waals surface area contributed by atoms with Gasteiger partial charge in [-0.25, -0.2) is 8.96 Å². The Labute approximate surface area is 185 Å². The van der Waals surface area contributed by atoms with Crippen molar-refractivity contribution in [1.29, 1.82) is 0 Å². The summed E-state index contributed by atoms with van der Waals surface area (Å²) in [5.74, 6) is -2.87. The highest BCUT2D eigenvalue weighted by Crippen LogP contribution is 2.70. The number of hydrogen-bond acceptors (Lipinski definition) is 6. The van der Waals surface area contributed by atoms with Crippen LogP contribution in [0, 0.1) is 28.6 Å². The molecule has 0 aromatic carbocycles. The highest BCUT2D eigenvalue weighted by Gasteiger charge is 2.75. The second kappa shape index (κ2) is 7.14. The van der Waals surface area contributed by atoms with E-state index in [1.807, 2.05) is 0 Å². The van der Waals surface area contributed by atoms with Crippen LogP contribution < -0.4 is 0 Å². The first-order valence-corrected chi connectivity index (χ1v) is 12.4. The molecule has 0 bridgehead atoms. The molecule has 8 nitrogen and oxygen atoms in total. The minimum atomic E-state index is -4.93. The Balaban J connectivity index is 1.74. The molecule has 1 unspecified atom stereocenters. The molecule has 3 saturated carbocycles. The molecule has 8 atom stereocenters. The summed E-state index contributed by atoms with van der Waals surface area (Å²) in [7, 11) is -4.93. The molecule has 0 spiro atoms. The first kappa shape index (κ1) is 23.9. The summed E-state index contributed by atoms with van der Waals surface area (Å²) < 4.78 is 32.5. The van der Waals surface area contributed by atoms with Gasteiger partial charge in [0.05, 0.1) is 6.10 Å². The molecule has 0 amide bonds. The van der Waals surface area contributed by atoms with Gasteiger partial charge in [0.2, 0.25) is 0 Å². The molecule has 0 aliphatic heterocycles. The third-order valence-corrected chi connectivity index (χ3v) is 9.48. The molecule has 178 valence electrons. The summed E-state index contributed by atoms with van der Waals surface area (Å²) >= 11 is 0. The maximum absolute atomic E-state index is 17.0. The molecule has 0 saturated heterocycles. The minimum Gasteiger partial charge on any atom is -0.390 e. The van der Waals surface area contributed by atoms with E-state index in [1.165, 1.54) is 18.2 Å². The zero-order valence-corrected chi connectivity index (χ0v) is 19.2. The van der Waals surface area contributed by atoms with Crippen molar-refractivity contribution >= 4 is 19.4 Å². The minimum absolute atomic E-state index is 0.211. The van der Waals surface area contributed by atoms with Crippen LogP contribution in [0.2, 0.25) is 0 Å². The average molecular weight is 472 g/mol. The number of fused-ring (bicyclic) bond motifs is 5. The van der Waals surface area contributed by atoms with Crippen molar-refractivity contribution in [3.63, 3.8) is 0 Å². The second-order valence-electron chi connectivity index (χ2n) is 10.4. The molecule has 4 N–H and O–H groups in total. The largest absolute Gasteiger partial charge is 0.470 e. The second-order valence-corrected chi connectivity index (χ2v) is 11.6. The van der Waals surface area contributed by atoms with Crippen molar-refractivity contribution in [3.8, 4) is 0 Å². The molecule has 4 rings (SSSR count). The van der Waals surface area contributed by atoms with Gasteiger partial charge in [-0.2, -0.15) is 0 Å². The van der Waals surface area contributed by atoms with Crippen molar-refractivity contribution in [2.45, 2.75) is 63.8 Å². The predicted molar refractivity (Wildman–Crippen MR) is 111 cm³/mol. The van der Waals surface area contributed by atoms with Gasteiger partial charge >= 0.3 is 7.82 Å². The number of Topliss-reactive ketones (excluding diaryl/α,β-unsaturated/α-hetero) is 1. The van der Waals surface area contributed by atoms with Crippen LogP contribution in [-0.4, -0.2) is 55.5 Å². The van der Waals surface area contributed by atoms with E-state index < -0.39 is 66.2 Å². The number of aliphatic hydroxyl groups excluding tert-OH is 1. The van der Waals surface area contributed by atoms with Crippen molar-refractivity contribution < 1.29 is 43.1 Å². The summed E-state index contributed by atoms with van der Waals surface area (Å²) in [5, 5.41) is 22.8. The number of halogens is 1. The lowest BCUT2D eigenvalue weighted by molar-refractivity contribution is -0.219. The summed E-state index contributed by atoms with van der Waals surface area (Å²) in [5.41, 5.74) is -5.88. The first-order valence-electron chi connectivity index (χ1n) is 10.9. The van der Waals surface area contributed by atoms with E-state index in [9.17, 15) is 24.4 Å². The van der Waals surface area contributed by atoms with Crippen molar-refractivity contribution in [1.82, 2.24) is 0 Å². The van der Waals surface area contributed by atoms with Gasteiger partial charge < -0.3 is 20.0 Å². The van der Waals surface area contributed by atoms with E-state index in [0.717, 1.165) is 0 Å². The van der Waals surface area contributed by atoms with E-state index in [1.54, 1.807) is 20.8 Å². The Hall–Kier alpha value is -1.22. The van der Waals surface area contributed by atoms with Crippen LogP contribution in [0.5, 0.6) is 0 Å². The quantitative estimate of drug-likeness (QED) is 0.456. The van der Waals surface area contributed by atoms with Crippen LogP contribution in [-0.2, 0) is 18.7 Å². The third kappa shape index (κ3) is 2.95. The molecule has 4 aliphatic carbocycles. The summed E-state index contributed by atoms with van der Waals surface area (Å²) in [6.45, 7) is 4.00. The van der Waals surface area contributed by atoms with Crippen molar-refractivity contribution in [3.05, 3.63) is 23.8 Å². The van der Waals surface area contributed by atoms with Gasteiger partial charge in [0.15, 0.2) is 17.2 Å². The average Bonchev–Trinajstić information content (AvgIpc) is 2.89. The fraction of sp³-hybridized carbons (Fsp3) is 0.727. The van der Waals surface area contributed by atoms with Gasteiger partial charge in [-0.05, 0) is 56.6 Å². The van der Waals surface area contributed by atoms with Crippen LogP contribution in [0.25, 0.3) is 0 Å². The van der Waals surface area contributed by atoms with Crippen molar-refractivity contribution in [2.75, 3.05) is 6.61 Å². The van der Waals surface area contributed by atoms with E-state index in [0.29, 0.717) is 24.8 Å². The van der Waals surface area contributed by atoms with E-state index in [-0.39, 0.29) is 12.2 Å². The van der Waals surface area contributed by atoms with E-state index in [4.69, 9.17) is 9.79 Å². The molecular formula is C22H30FO8P. The zero-order chi connectivity index (χ0) is 23.9. The lowest BCUT2D eigenvalue weighted by Crippen LogP contribution is -2.69. The zero-order valence-electron chi connectivity index (χ0n) is 18.3. The molecule has 0 aromatic heterocycles. The van der Waals surface area contributed by atoms with Gasteiger partial charge in [-0.15, -0.1) is 0 Å². The smallest absolute Gasteiger partial charge is 0.390 e. The third-order valence-electron chi connectivity index (χ3n) is 9.01. The number of alkyl halides is 1. The summed E-state index contributed by atoms with van der Waals surface area (Å²) in [6.07, 6.45) is 3.70. The molecular weight excluding hydrogens is 442 g/mol.